The molecule has 1 aromatic heterocycles. The first-order valence-corrected chi connectivity index (χ1v) is 5.38. The lowest BCUT2D eigenvalue weighted by Crippen LogP contribution is -2.04. The van der Waals surface area contributed by atoms with E-state index in [1.807, 2.05) is 0 Å². The van der Waals surface area contributed by atoms with Crippen molar-refractivity contribution in [3.63, 3.8) is 0 Å². The zero-order valence-corrected chi connectivity index (χ0v) is 10.1. The van der Waals surface area contributed by atoms with E-state index in [2.05, 4.69) is 4.98 Å². The van der Waals surface area contributed by atoms with Gasteiger partial charge >= 0.3 is 0 Å². The lowest BCUT2D eigenvalue weighted by Gasteiger charge is -2.08. The molecule has 0 fully saturated rings. The molecule has 0 spiro atoms. The Morgan fingerprint density at radius 3 is 1.90 bits per heavy atom. The van der Waals surface area contributed by atoms with Crippen LogP contribution in [0.25, 0.3) is 11.1 Å². The normalized spacial score (nSPS) is 10.7. The van der Waals surface area contributed by atoms with Gasteiger partial charge in [-0.3, -0.25) is 9.78 Å². The summed E-state index contributed by atoms with van der Waals surface area (Å²) in [4.78, 5) is 14.0. The average Bonchev–Trinajstić information content (AvgIpc) is 2.43. The van der Waals surface area contributed by atoms with Crippen LogP contribution in [0.4, 0.5) is 22.0 Å². The molecule has 0 unspecified atom stereocenters. The molecule has 1 heterocycles. The molecule has 0 aliphatic rings. The molecule has 0 N–H and O–H groups in total. The maximum Gasteiger partial charge on any atom is 0.200 e. The van der Waals surface area contributed by atoms with Crippen molar-refractivity contribution in [2.75, 3.05) is 0 Å². The van der Waals surface area contributed by atoms with Gasteiger partial charge in [0.1, 0.15) is 5.69 Å². The summed E-state index contributed by atoms with van der Waals surface area (Å²) in [6.45, 7) is 0. The molecule has 0 amide bonds. The molecule has 0 aliphatic carbocycles. The van der Waals surface area contributed by atoms with Gasteiger partial charge in [-0.2, -0.15) is 0 Å². The number of aldehydes is 1. The maximum absolute atomic E-state index is 13.5. The average molecular weight is 308 g/mol. The van der Waals surface area contributed by atoms with Gasteiger partial charge in [0, 0.05) is 11.8 Å². The molecule has 104 valence electrons. The van der Waals surface area contributed by atoms with Gasteiger partial charge in [0.05, 0.1) is 10.6 Å². The molecule has 2 rings (SSSR count). The Bertz CT molecular complexity index is 690. The van der Waals surface area contributed by atoms with Gasteiger partial charge in [0.15, 0.2) is 29.6 Å². The van der Waals surface area contributed by atoms with Crippen molar-refractivity contribution in [1.29, 1.82) is 0 Å². The number of aromatic nitrogens is 1. The van der Waals surface area contributed by atoms with Gasteiger partial charge in [-0.15, -0.1) is 0 Å². The van der Waals surface area contributed by atoms with E-state index in [4.69, 9.17) is 11.6 Å². The number of nitrogens with zero attached hydrogens (tertiary/aromatic N) is 1. The van der Waals surface area contributed by atoms with Gasteiger partial charge in [-0.25, -0.2) is 22.0 Å². The van der Waals surface area contributed by atoms with E-state index in [0.717, 1.165) is 12.3 Å². The number of hydrogen-bond donors (Lipinski definition) is 0. The molecule has 20 heavy (non-hydrogen) atoms. The fourth-order valence-electron chi connectivity index (χ4n) is 1.53. The molecule has 0 atom stereocenters. The van der Waals surface area contributed by atoms with Crippen LogP contribution in [-0.2, 0) is 0 Å². The number of carbonyl (C=O) groups is 1. The second-order valence-corrected chi connectivity index (χ2v) is 4.06. The summed E-state index contributed by atoms with van der Waals surface area (Å²) < 4.78 is 66.1. The Balaban J connectivity index is 2.76. The second-order valence-electron chi connectivity index (χ2n) is 3.65. The minimum Gasteiger partial charge on any atom is -0.296 e. The van der Waals surface area contributed by atoms with Crippen molar-refractivity contribution in [3.05, 3.63) is 52.1 Å². The zero-order chi connectivity index (χ0) is 15.0. The van der Waals surface area contributed by atoms with Crippen molar-refractivity contribution in [2.24, 2.45) is 0 Å². The van der Waals surface area contributed by atoms with Gasteiger partial charge in [0.25, 0.3) is 0 Å². The highest BCUT2D eigenvalue weighted by Gasteiger charge is 2.27. The topological polar surface area (TPSA) is 30.0 Å². The molecule has 1 aromatic carbocycles. The molecule has 0 aliphatic heterocycles. The lowest BCUT2D eigenvalue weighted by atomic mass is 10.0. The highest BCUT2D eigenvalue weighted by molar-refractivity contribution is 6.32. The first kappa shape index (κ1) is 14.4. The highest BCUT2D eigenvalue weighted by atomic mass is 35.5. The predicted molar refractivity (Wildman–Crippen MR) is 59.9 cm³/mol. The molecule has 8 heteroatoms. The minimum absolute atomic E-state index is 0.223. The van der Waals surface area contributed by atoms with Crippen LogP contribution in [-0.4, -0.2) is 11.3 Å². The highest BCUT2D eigenvalue weighted by Crippen LogP contribution is 2.32. The number of benzene rings is 1. The maximum atomic E-state index is 13.5. The van der Waals surface area contributed by atoms with Gasteiger partial charge < -0.3 is 0 Å². The largest absolute Gasteiger partial charge is 0.296 e. The summed E-state index contributed by atoms with van der Waals surface area (Å²) in [7, 11) is 0. The molecule has 2 nitrogen and oxygen atoms in total. The molecule has 0 bridgehead atoms. The summed E-state index contributed by atoms with van der Waals surface area (Å²) in [5.41, 5.74) is -1.82. The summed E-state index contributed by atoms with van der Waals surface area (Å²) >= 11 is 5.59. The molecule has 0 radical (unpaired) electrons. The van der Waals surface area contributed by atoms with Crippen LogP contribution in [0.15, 0.2) is 12.3 Å². The summed E-state index contributed by atoms with van der Waals surface area (Å²) in [5, 5.41) is -0.276. The SMILES string of the molecule is O=Cc1ncc(-c2c(F)c(F)c(F)c(F)c2F)cc1Cl. The van der Waals surface area contributed by atoms with Crippen LogP contribution in [0.1, 0.15) is 10.5 Å². The quantitative estimate of drug-likeness (QED) is 0.364. The minimum atomic E-state index is -2.26. The predicted octanol–water partition coefficient (Wildman–Crippen LogP) is 3.91. The number of carbonyl (C=O) groups excluding carboxylic acids is 1. The van der Waals surface area contributed by atoms with Crippen LogP contribution >= 0.6 is 11.6 Å². The molecular formula is C12H3ClF5NO. The van der Waals surface area contributed by atoms with Gasteiger partial charge in [0.2, 0.25) is 5.82 Å². The lowest BCUT2D eigenvalue weighted by molar-refractivity contribution is 0.111. The monoisotopic (exact) mass is 307 g/mol. The standard InChI is InChI=1S/C12H3ClF5NO/c13-5-1-4(2-19-6(5)3-20)7-8(14)10(16)12(18)11(17)9(7)15/h1-3H. The first-order chi connectivity index (χ1) is 9.38. The zero-order valence-electron chi connectivity index (χ0n) is 9.36. The van der Waals surface area contributed by atoms with E-state index in [9.17, 15) is 26.7 Å². The van der Waals surface area contributed by atoms with Crippen molar-refractivity contribution in [3.8, 4) is 11.1 Å². The fraction of sp³-hybridized carbons (Fsp3) is 0. The van der Waals surface area contributed by atoms with E-state index in [1.165, 1.54) is 0 Å². The third kappa shape index (κ3) is 2.14. The number of rotatable bonds is 2. The number of hydrogen-bond acceptors (Lipinski definition) is 2. The molecular weight excluding hydrogens is 305 g/mol. The van der Waals surface area contributed by atoms with Crippen molar-refractivity contribution >= 4 is 17.9 Å². The Hall–Kier alpha value is -2.02. The van der Waals surface area contributed by atoms with Gasteiger partial charge in [-0.1, -0.05) is 11.6 Å². The Labute approximate surface area is 113 Å². The van der Waals surface area contributed by atoms with Crippen molar-refractivity contribution in [1.82, 2.24) is 4.98 Å². The summed E-state index contributed by atoms with van der Waals surface area (Å²) in [6, 6.07) is 0.885. The van der Waals surface area contributed by atoms with E-state index in [0.29, 0.717) is 0 Å². The van der Waals surface area contributed by atoms with E-state index in [-0.39, 0.29) is 17.0 Å². The van der Waals surface area contributed by atoms with Crippen LogP contribution in [0, 0.1) is 29.1 Å². The molecule has 0 saturated carbocycles. The van der Waals surface area contributed by atoms with Crippen molar-refractivity contribution in [2.45, 2.75) is 0 Å². The second kappa shape index (κ2) is 5.16. The van der Waals surface area contributed by atoms with Crippen LogP contribution in [0.5, 0.6) is 0 Å². The van der Waals surface area contributed by atoms with E-state index in [1.54, 1.807) is 0 Å². The summed E-state index contributed by atoms with van der Waals surface area (Å²) in [5.74, 6) is -10.4. The first-order valence-electron chi connectivity index (χ1n) is 5.01. The van der Waals surface area contributed by atoms with Crippen LogP contribution < -0.4 is 0 Å². The smallest absolute Gasteiger partial charge is 0.200 e. The Morgan fingerprint density at radius 1 is 0.950 bits per heavy atom. The Morgan fingerprint density at radius 2 is 1.45 bits per heavy atom. The van der Waals surface area contributed by atoms with E-state index < -0.39 is 40.2 Å². The van der Waals surface area contributed by atoms with Crippen molar-refractivity contribution < 1.29 is 26.7 Å². The van der Waals surface area contributed by atoms with Gasteiger partial charge in [-0.05, 0) is 6.07 Å². The van der Waals surface area contributed by atoms with E-state index >= 15 is 0 Å². The van der Waals surface area contributed by atoms with Crippen LogP contribution in [0.3, 0.4) is 0 Å². The van der Waals surface area contributed by atoms with Crippen LogP contribution in [0.2, 0.25) is 5.02 Å². The third-order valence-electron chi connectivity index (χ3n) is 2.48. The molecule has 2 aromatic rings. The molecule has 0 saturated heterocycles. The summed E-state index contributed by atoms with van der Waals surface area (Å²) in [6.07, 6.45) is 1.07. The third-order valence-corrected chi connectivity index (χ3v) is 2.78. The Kier molecular flexibility index (Phi) is 3.71. The fourth-order valence-corrected chi connectivity index (χ4v) is 1.74. The number of pyridine rings is 1. The number of halogens is 6.